The number of hydrogen-bond donors (Lipinski definition) is 2. The van der Waals surface area contributed by atoms with Crippen LogP contribution >= 0.6 is 22.9 Å². The molecule has 1 saturated heterocycles. The van der Waals surface area contributed by atoms with Gasteiger partial charge in [0.15, 0.2) is 5.06 Å². The van der Waals surface area contributed by atoms with Crippen LogP contribution in [-0.4, -0.2) is 43.1 Å². The Hall–Kier alpha value is -3.13. The van der Waals surface area contributed by atoms with Crippen molar-refractivity contribution < 1.29 is 19.1 Å². The van der Waals surface area contributed by atoms with E-state index in [4.69, 9.17) is 26.3 Å². The van der Waals surface area contributed by atoms with Gasteiger partial charge in [-0.1, -0.05) is 22.9 Å². The van der Waals surface area contributed by atoms with Gasteiger partial charge in [-0.15, -0.1) is 0 Å². The van der Waals surface area contributed by atoms with Crippen LogP contribution in [0.15, 0.2) is 35.3 Å². The third-order valence-corrected chi connectivity index (χ3v) is 8.08. The lowest BCUT2D eigenvalue weighted by Gasteiger charge is -2.30. The fourth-order valence-electron chi connectivity index (χ4n) is 5.20. The van der Waals surface area contributed by atoms with E-state index in [1.807, 2.05) is 36.2 Å². The average Bonchev–Trinajstić information content (AvgIpc) is 3.35. The molecule has 2 N–H and O–H groups in total. The largest absolute Gasteiger partial charge is 0.414 e. The molecule has 188 valence electrons. The summed E-state index contributed by atoms with van der Waals surface area (Å²) in [7, 11) is 0. The molecule has 0 radical (unpaired) electrons. The van der Waals surface area contributed by atoms with Crippen molar-refractivity contribution in [3.8, 4) is 11.3 Å². The van der Waals surface area contributed by atoms with Crippen LogP contribution in [0.4, 0.5) is 16.2 Å². The minimum absolute atomic E-state index is 0.252. The summed E-state index contributed by atoms with van der Waals surface area (Å²) in [5.41, 5.74) is 1.44. The number of nitrogens with zero attached hydrogens (tertiary/aromatic N) is 3. The molecule has 3 aliphatic rings. The number of thiophene rings is 1. The minimum atomic E-state index is -1.02. The molecule has 2 atom stereocenters. The third kappa shape index (κ3) is 5.19. The van der Waals surface area contributed by atoms with Gasteiger partial charge in [-0.2, -0.15) is 10.3 Å². The van der Waals surface area contributed by atoms with Crippen molar-refractivity contribution in [3.63, 3.8) is 0 Å². The first-order valence-corrected chi connectivity index (χ1v) is 13.0. The topological polar surface area (TPSA) is 116 Å². The quantitative estimate of drug-likeness (QED) is 0.544. The average molecular weight is 528 g/mol. The second-order valence-corrected chi connectivity index (χ2v) is 11.1. The lowest BCUT2D eigenvalue weighted by Crippen LogP contribution is -2.56. The summed E-state index contributed by atoms with van der Waals surface area (Å²) in [5, 5.41) is 15.3. The van der Waals surface area contributed by atoms with E-state index >= 15 is 0 Å². The van der Waals surface area contributed by atoms with Gasteiger partial charge < -0.3 is 25.0 Å². The van der Waals surface area contributed by atoms with E-state index in [-0.39, 0.29) is 5.91 Å². The van der Waals surface area contributed by atoms with Crippen LogP contribution in [0.3, 0.4) is 0 Å². The van der Waals surface area contributed by atoms with E-state index < -0.39 is 11.6 Å². The molecule has 5 rings (SSSR count). The standard InChI is InChI=1S/C25H26ClN5O4S/c1-15-10-18(2-3-19(15)31-7-9-34-8-6-21(31)28-14-27)29-23(32)25(12-16-11-17(16)13-25)30-24(33)35-22-5-4-20(26)36-22/h2-5,10,16-17H,6-9,11-13H2,1H3,(H,29,32)(H,30,33). The summed E-state index contributed by atoms with van der Waals surface area (Å²) < 4.78 is 11.4. The number of nitriles is 1. The predicted molar refractivity (Wildman–Crippen MR) is 138 cm³/mol. The number of nitrogens with one attached hydrogen (secondary N) is 2. The number of aryl methyl sites for hydroxylation is 1. The van der Waals surface area contributed by atoms with E-state index in [9.17, 15) is 9.59 Å². The zero-order valence-electron chi connectivity index (χ0n) is 19.8. The Kier molecular flexibility index (Phi) is 6.88. The summed E-state index contributed by atoms with van der Waals surface area (Å²) in [6.45, 7) is 3.58. The SMILES string of the molecule is Cc1cc(NC(=O)C2(NC(=O)Oc3ccc(Cl)s3)CC3CC3C2)ccc1N1CCOCCC1=NC#N. The van der Waals surface area contributed by atoms with Gasteiger partial charge in [0, 0.05) is 24.3 Å². The van der Waals surface area contributed by atoms with Gasteiger partial charge in [0.1, 0.15) is 11.4 Å². The third-order valence-electron chi connectivity index (χ3n) is 6.97. The molecule has 0 spiro atoms. The number of carbonyl (C=O) groups is 2. The van der Waals surface area contributed by atoms with Crippen LogP contribution in [0.2, 0.25) is 4.34 Å². The van der Waals surface area contributed by atoms with Gasteiger partial charge in [0.05, 0.1) is 17.6 Å². The molecule has 2 heterocycles. The van der Waals surface area contributed by atoms with Crippen LogP contribution in [0, 0.1) is 30.2 Å². The van der Waals surface area contributed by atoms with Gasteiger partial charge in [-0.3, -0.25) is 4.79 Å². The summed E-state index contributed by atoms with van der Waals surface area (Å²) in [5.74, 6) is 1.30. The highest BCUT2D eigenvalue weighted by molar-refractivity contribution is 7.17. The van der Waals surface area contributed by atoms with Crippen LogP contribution < -0.4 is 20.3 Å². The number of amides is 2. The molecule has 0 bridgehead atoms. The second-order valence-electron chi connectivity index (χ2n) is 9.42. The van der Waals surface area contributed by atoms with Crippen molar-refractivity contribution in [2.45, 2.75) is 38.1 Å². The molecule has 2 unspecified atom stereocenters. The predicted octanol–water partition coefficient (Wildman–Crippen LogP) is 4.71. The summed E-state index contributed by atoms with van der Waals surface area (Å²) in [6, 6.07) is 8.90. The molecule has 9 nitrogen and oxygen atoms in total. The number of rotatable bonds is 5. The fraction of sp³-hybridized carbons (Fsp3) is 0.440. The minimum Gasteiger partial charge on any atom is -0.399 e. The molecule has 2 aromatic rings. The van der Waals surface area contributed by atoms with Crippen LogP contribution in [0.1, 0.15) is 31.2 Å². The number of fused-ring (bicyclic) bond motifs is 1. The smallest absolute Gasteiger partial charge is 0.399 e. The van der Waals surface area contributed by atoms with Gasteiger partial charge >= 0.3 is 6.09 Å². The number of carbonyl (C=O) groups excluding carboxylic acids is 2. The number of halogens is 1. The molecule has 36 heavy (non-hydrogen) atoms. The van der Waals surface area contributed by atoms with E-state index in [1.54, 1.807) is 12.1 Å². The Labute approximate surface area is 218 Å². The lowest BCUT2D eigenvalue weighted by molar-refractivity contribution is -0.122. The number of benzene rings is 1. The first kappa shape index (κ1) is 24.6. The van der Waals surface area contributed by atoms with Gasteiger partial charge in [-0.25, -0.2) is 4.79 Å². The maximum atomic E-state index is 13.5. The highest BCUT2D eigenvalue weighted by atomic mass is 35.5. The monoisotopic (exact) mass is 527 g/mol. The Morgan fingerprint density at radius 3 is 2.78 bits per heavy atom. The first-order valence-electron chi connectivity index (χ1n) is 11.9. The molecule has 1 aromatic heterocycles. The summed E-state index contributed by atoms with van der Waals surface area (Å²) >= 11 is 7.08. The lowest BCUT2D eigenvalue weighted by atomic mass is 9.92. The van der Waals surface area contributed by atoms with Crippen molar-refractivity contribution in [2.75, 3.05) is 30.0 Å². The van der Waals surface area contributed by atoms with E-state index in [1.165, 1.54) is 0 Å². The van der Waals surface area contributed by atoms with Gasteiger partial charge in [0.2, 0.25) is 12.1 Å². The number of aliphatic imine (C=N–C) groups is 1. The Balaban J connectivity index is 1.31. The number of hydrogen-bond acceptors (Lipinski definition) is 7. The van der Waals surface area contributed by atoms with Crippen LogP contribution in [0.25, 0.3) is 0 Å². The molecule has 11 heteroatoms. The van der Waals surface area contributed by atoms with Crippen molar-refractivity contribution in [1.29, 1.82) is 5.26 Å². The van der Waals surface area contributed by atoms with E-state index in [0.717, 1.165) is 29.0 Å². The molecule has 1 aromatic carbocycles. The Morgan fingerprint density at radius 2 is 2.08 bits per heavy atom. The normalized spacial score (nSPS) is 26.0. The fourth-order valence-corrected chi connectivity index (χ4v) is 6.08. The van der Waals surface area contributed by atoms with E-state index in [2.05, 4.69) is 15.6 Å². The molecular formula is C25H26ClN5O4S. The zero-order valence-corrected chi connectivity index (χ0v) is 21.3. The molecule has 1 aliphatic heterocycles. The number of ether oxygens (including phenoxy) is 2. The first-order chi connectivity index (χ1) is 17.4. The number of anilines is 2. The van der Waals surface area contributed by atoms with Crippen molar-refractivity contribution in [1.82, 2.24) is 5.32 Å². The Bertz CT molecular complexity index is 1250. The highest BCUT2D eigenvalue weighted by Gasteiger charge is 2.58. The summed E-state index contributed by atoms with van der Waals surface area (Å²) in [6.07, 6.45) is 4.03. The van der Waals surface area contributed by atoms with E-state index in [0.29, 0.717) is 71.8 Å². The second kappa shape index (κ2) is 10.1. The van der Waals surface area contributed by atoms with Gasteiger partial charge in [0.25, 0.3) is 0 Å². The van der Waals surface area contributed by atoms with Crippen molar-refractivity contribution in [2.24, 2.45) is 16.8 Å². The zero-order chi connectivity index (χ0) is 25.3. The number of amidine groups is 1. The van der Waals surface area contributed by atoms with Crippen molar-refractivity contribution in [3.05, 3.63) is 40.2 Å². The maximum absolute atomic E-state index is 13.5. The van der Waals surface area contributed by atoms with Crippen LogP contribution in [0.5, 0.6) is 5.06 Å². The van der Waals surface area contributed by atoms with Gasteiger partial charge in [-0.05, 0) is 73.9 Å². The molecule has 2 saturated carbocycles. The molecular weight excluding hydrogens is 502 g/mol. The summed E-state index contributed by atoms with van der Waals surface area (Å²) in [4.78, 5) is 32.1. The molecule has 3 fully saturated rings. The Morgan fingerprint density at radius 1 is 1.28 bits per heavy atom. The molecule has 2 aliphatic carbocycles. The maximum Gasteiger partial charge on any atom is 0.414 e. The van der Waals surface area contributed by atoms with Crippen LogP contribution in [-0.2, 0) is 9.53 Å². The molecule has 2 amide bonds. The van der Waals surface area contributed by atoms with Crippen molar-refractivity contribution >= 4 is 52.1 Å². The highest BCUT2D eigenvalue weighted by Crippen LogP contribution is 2.56.